The third-order valence-corrected chi connectivity index (χ3v) is 5.52. The first-order valence-corrected chi connectivity index (χ1v) is 8.15. The predicted molar refractivity (Wildman–Crippen MR) is 86.3 cm³/mol. The molecule has 124 valence electrons. The Morgan fingerprint density at radius 2 is 2.21 bits per heavy atom. The van der Waals surface area contributed by atoms with Gasteiger partial charge in [0.15, 0.2) is 0 Å². The number of hydrogen-bond acceptors (Lipinski definition) is 4. The van der Waals surface area contributed by atoms with Crippen molar-refractivity contribution in [1.29, 1.82) is 0 Å². The van der Waals surface area contributed by atoms with Crippen LogP contribution < -0.4 is 10.0 Å². The standard InChI is InChI=1S/C18H16ClNO4/c1-2-5-13-18-9-8-12(24-18)14(17(22)23)15(18)16(21)20(13)11-7-4-3-6-10(11)19/h2-4,6-9,12-15H,1,5H2,(H,22,23)/p-1/t12-,13+,14+,15-,18-/m1/s1. The number of nitrogens with zero attached hydrogens (tertiary/aromatic N) is 1. The van der Waals surface area contributed by atoms with Gasteiger partial charge in [-0.25, -0.2) is 0 Å². The van der Waals surface area contributed by atoms with Gasteiger partial charge in [-0.15, -0.1) is 6.58 Å². The highest BCUT2D eigenvalue weighted by molar-refractivity contribution is 6.34. The van der Waals surface area contributed by atoms with Gasteiger partial charge in [-0.1, -0.05) is 42.0 Å². The molecule has 0 aliphatic carbocycles. The van der Waals surface area contributed by atoms with E-state index in [4.69, 9.17) is 16.3 Å². The molecule has 24 heavy (non-hydrogen) atoms. The van der Waals surface area contributed by atoms with Crippen molar-refractivity contribution >= 4 is 29.2 Å². The monoisotopic (exact) mass is 344 g/mol. The molecule has 4 rings (SSSR count). The second kappa shape index (κ2) is 5.19. The van der Waals surface area contributed by atoms with E-state index in [2.05, 4.69) is 6.58 Å². The van der Waals surface area contributed by atoms with Crippen LogP contribution >= 0.6 is 11.6 Å². The van der Waals surface area contributed by atoms with E-state index < -0.39 is 35.6 Å². The zero-order valence-corrected chi connectivity index (χ0v) is 13.5. The molecule has 1 aromatic carbocycles. The Morgan fingerprint density at radius 1 is 1.46 bits per heavy atom. The molecule has 0 aromatic heterocycles. The Kier molecular flexibility index (Phi) is 3.34. The van der Waals surface area contributed by atoms with Crippen molar-refractivity contribution in [3.05, 3.63) is 54.1 Å². The summed E-state index contributed by atoms with van der Waals surface area (Å²) in [5.74, 6) is -3.35. The van der Waals surface area contributed by atoms with Crippen molar-refractivity contribution < 1.29 is 19.4 Å². The van der Waals surface area contributed by atoms with E-state index in [1.54, 1.807) is 41.3 Å². The average Bonchev–Trinajstić information content (AvgIpc) is 3.18. The Labute approximate surface area is 144 Å². The number of carboxylic acids is 1. The number of halogens is 1. The van der Waals surface area contributed by atoms with Crippen molar-refractivity contribution in [3.63, 3.8) is 0 Å². The number of hydrogen-bond donors (Lipinski definition) is 0. The second-order valence-corrected chi connectivity index (χ2v) is 6.72. The van der Waals surface area contributed by atoms with Crippen LogP contribution in [-0.4, -0.2) is 29.6 Å². The fourth-order valence-corrected chi connectivity index (χ4v) is 4.53. The van der Waals surface area contributed by atoms with Gasteiger partial charge < -0.3 is 19.5 Å². The number of aliphatic carboxylic acids is 1. The van der Waals surface area contributed by atoms with Gasteiger partial charge in [-0.05, 0) is 18.6 Å². The van der Waals surface area contributed by atoms with Gasteiger partial charge in [-0.2, -0.15) is 0 Å². The van der Waals surface area contributed by atoms with Crippen LogP contribution in [0.1, 0.15) is 6.42 Å². The van der Waals surface area contributed by atoms with Crippen molar-refractivity contribution in [2.24, 2.45) is 11.8 Å². The Balaban J connectivity index is 1.87. The molecular formula is C18H15ClNO4-. The number of anilines is 1. The van der Waals surface area contributed by atoms with Gasteiger partial charge in [0.25, 0.3) is 0 Å². The number of fused-ring (bicyclic) bond motifs is 1. The van der Waals surface area contributed by atoms with Gasteiger partial charge in [0.2, 0.25) is 5.91 Å². The van der Waals surface area contributed by atoms with Crippen LogP contribution in [-0.2, 0) is 14.3 Å². The lowest BCUT2D eigenvalue weighted by Gasteiger charge is -2.33. The minimum absolute atomic E-state index is 0.295. The summed E-state index contributed by atoms with van der Waals surface area (Å²) in [6.45, 7) is 3.77. The Bertz CT molecular complexity index is 776. The van der Waals surface area contributed by atoms with Gasteiger partial charge >= 0.3 is 0 Å². The fourth-order valence-electron chi connectivity index (χ4n) is 4.30. The van der Waals surface area contributed by atoms with Crippen molar-refractivity contribution in [1.82, 2.24) is 0 Å². The number of carbonyl (C=O) groups is 2. The number of benzene rings is 1. The topological polar surface area (TPSA) is 69.7 Å². The van der Waals surface area contributed by atoms with Gasteiger partial charge in [0.1, 0.15) is 5.60 Å². The number of ether oxygens (including phenoxy) is 1. The molecule has 6 heteroatoms. The van der Waals surface area contributed by atoms with Crippen LogP contribution in [0.5, 0.6) is 0 Å². The maximum Gasteiger partial charge on any atom is 0.234 e. The molecule has 0 N–H and O–H groups in total. The highest BCUT2D eigenvalue weighted by Crippen LogP contribution is 2.56. The minimum Gasteiger partial charge on any atom is -0.550 e. The van der Waals surface area contributed by atoms with Crippen LogP contribution in [0.2, 0.25) is 5.02 Å². The lowest BCUT2D eigenvalue weighted by Crippen LogP contribution is -2.46. The molecule has 5 atom stereocenters. The molecule has 2 saturated heterocycles. The summed E-state index contributed by atoms with van der Waals surface area (Å²) in [6.07, 6.45) is 5.09. The second-order valence-electron chi connectivity index (χ2n) is 6.32. The van der Waals surface area contributed by atoms with Crippen molar-refractivity contribution in [3.8, 4) is 0 Å². The molecule has 3 aliphatic rings. The van der Waals surface area contributed by atoms with E-state index in [0.717, 1.165) is 0 Å². The molecule has 0 radical (unpaired) electrons. The lowest BCUT2D eigenvalue weighted by molar-refractivity contribution is -0.313. The van der Waals surface area contributed by atoms with Crippen molar-refractivity contribution in [2.45, 2.75) is 24.2 Å². The zero-order valence-electron chi connectivity index (χ0n) is 12.7. The molecule has 1 spiro atoms. The summed E-state index contributed by atoms with van der Waals surface area (Å²) in [4.78, 5) is 26.3. The van der Waals surface area contributed by atoms with Crippen LogP contribution in [0.15, 0.2) is 49.1 Å². The van der Waals surface area contributed by atoms with E-state index in [1.807, 2.05) is 6.08 Å². The lowest BCUT2D eigenvalue weighted by atomic mass is 9.74. The van der Waals surface area contributed by atoms with Gasteiger partial charge in [-0.3, -0.25) is 4.79 Å². The summed E-state index contributed by atoms with van der Waals surface area (Å²) in [7, 11) is 0. The number of rotatable bonds is 4. The van der Waals surface area contributed by atoms with E-state index in [9.17, 15) is 14.7 Å². The predicted octanol–water partition coefficient (Wildman–Crippen LogP) is 1.32. The summed E-state index contributed by atoms with van der Waals surface area (Å²) >= 11 is 6.28. The normalized spacial score (nSPS) is 36.2. The maximum absolute atomic E-state index is 13.2. The quantitative estimate of drug-likeness (QED) is 0.772. The van der Waals surface area contributed by atoms with Crippen molar-refractivity contribution in [2.75, 3.05) is 4.90 Å². The molecule has 1 aromatic rings. The third kappa shape index (κ3) is 1.79. The highest BCUT2D eigenvalue weighted by atomic mass is 35.5. The number of carbonyl (C=O) groups excluding carboxylic acids is 2. The minimum atomic E-state index is -1.26. The molecule has 5 nitrogen and oxygen atoms in total. The summed E-state index contributed by atoms with van der Waals surface area (Å²) in [6, 6.07) is 6.62. The van der Waals surface area contributed by atoms with Gasteiger partial charge in [0.05, 0.1) is 28.8 Å². The first-order valence-electron chi connectivity index (χ1n) is 7.78. The average molecular weight is 345 g/mol. The number of amides is 1. The van der Waals surface area contributed by atoms with Gasteiger partial charge in [0, 0.05) is 11.9 Å². The maximum atomic E-state index is 13.2. The van der Waals surface area contributed by atoms with Crippen LogP contribution in [0.25, 0.3) is 0 Å². The zero-order chi connectivity index (χ0) is 17.1. The fraction of sp³-hybridized carbons (Fsp3) is 0.333. The number of carboxylic acid groups (broad SMARTS) is 1. The van der Waals surface area contributed by atoms with Crippen LogP contribution in [0.3, 0.4) is 0 Å². The summed E-state index contributed by atoms with van der Waals surface area (Å²) in [5, 5.41) is 12.0. The van der Waals surface area contributed by atoms with E-state index in [0.29, 0.717) is 17.1 Å². The third-order valence-electron chi connectivity index (χ3n) is 5.20. The molecule has 1 amide bonds. The highest BCUT2D eigenvalue weighted by Gasteiger charge is 2.69. The molecule has 3 aliphatic heterocycles. The Hall–Kier alpha value is -2.11. The smallest absolute Gasteiger partial charge is 0.234 e. The largest absolute Gasteiger partial charge is 0.550 e. The SMILES string of the molecule is C=CC[C@@H]1N(c2ccccc2Cl)C(=O)[C@H]2[C@@H](C(=O)[O-])[C@H]3C=C[C@@]12O3. The number of para-hydroxylation sites is 1. The summed E-state index contributed by atoms with van der Waals surface area (Å²) < 4.78 is 6.00. The molecule has 0 unspecified atom stereocenters. The van der Waals surface area contributed by atoms with E-state index in [-0.39, 0.29) is 5.91 Å². The molecule has 3 heterocycles. The van der Waals surface area contributed by atoms with Crippen LogP contribution in [0, 0.1) is 11.8 Å². The summed E-state index contributed by atoms with van der Waals surface area (Å²) in [5.41, 5.74) is -0.419. The van der Waals surface area contributed by atoms with Crippen LogP contribution in [0.4, 0.5) is 5.69 Å². The molecule has 2 fully saturated rings. The first kappa shape index (κ1) is 15.4. The Morgan fingerprint density at radius 3 is 2.88 bits per heavy atom. The van der Waals surface area contributed by atoms with E-state index >= 15 is 0 Å². The molecule has 2 bridgehead atoms. The van der Waals surface area contributed by atoms with E-state index in [1.165, 1.54) is 0 Å². The molecular weight excluding hydrogens is 330 g/mol. The molecule has 0 saturated carbocycles. The first-order chi connectivity index (χ1) is 11.5.